The van der Waals surface area contributed by atoms with Crippen LogP contribution in [-0.2, 0) is 20.8 Å². The first-order chi connectivity index (χ1) is 8.26. The average Bonchev–Trinajstić information content (AvgIpc) is 2.36. The lowest BCUT2D eigenvalue weighted by molar-refractivity contribution is -0.124. The average molecular weight is 234 g/mol. The Morgan fingerprint density at radius 1 is 1.24 bits per heavy atom. The van der Waals surface area contributed by atoms with Crippen LogP contribution in [0.3, 0.4) is 0 Å². The normalized spacial score (nSPS) is 11.3. The Morgan fingerprint density at radius 3 is 2.53 bits per heavy atom. The van der Waals surface area contributed by atoms with E-state index in [9.17, 15) is 14.4 Å². The van der Waals surface area contributed by atoms with E-state index in [0.29, 0.717) is 19.1 Å². The molecule has 0 bridgehead atoms. The first-order valence-electron chi connectivity index (χ1n) is 5.22. The fraction of sp³-hybridized carbons (Fsp3) is 0.250. The first kappa shape index (κ1) is 12.9. The van der Waals surface area contributed by atoms with Crippen molar-refractivity contribution >= 4 is 18.6 Å². The number of benzene rings is 1. The molecule has 1 aromatic rings. The van der Waals surface area contributed by atoms with Crippen molar-refractivity contribution < 1.29 is 14.4 Å². The van der Waals surface area contributed by atoms with Gasteiger partial charge in [0.25, 0.3) is 0 Å². The minimum absolute atomic E-state index is 0.122. The highest BCUT2D eigenvalue weighted by Crippen LogP contribution is 2.01. The van der Waals surface area contributed by atoms with Crippen molar-refractivity contribution in [1.82, 2.24) is 10.6 Å². The number of carbonyl (C=O) groups excluding carboxylic acids is 3. The van der Waals surface area contributed by atoms with Crippen molar-refractivity contribution in [2.24, 2.45) is 0 Å². The number of nitrogens with one attached hydrogen (secondary N) is 2. The van der Waals surface area contributed by atoms with Crippen LogP contribution < -0.4 is 10.6 Å². The highest BCUT2D eigenvalue weighted by molar-refractivity contribution is 5.82. The summed E-state index contributed by atoms with van der Waals surface area (Å²) in [6, 6.07) is 8.81. The third-order valence-corrected chi connectivity index (χ3v) is 2.16. The molecule has 0 saturated carbocycles. The van der Waals surface area contributed by atoms with Crippen LogP contribution >= 0.6 is 0 Å². The number of rotatable bonds is 7. The van der Waals surface area contributed by atoms with Crippen molar-refractivity contribution in [3.8, 4) is 0 Å². The van der Waals surface area contributed by atoms with Gasteiger partial charge in [-0.15, -0.1) is 0 Å². The molecule has 0 aromatic heterocycles. The van der Waals surface area contributed by atoms with Crippen LogP contribution in [0, 0.1) is 0 Å². The van der Waals surface area contributed by atoms with Crippen LogP contribution in [0.4, 0.5) is 0 Å². The second-order valence-electron chi connectivity index (χ2n) is 3.50. The standard InChI is InChI=1S/C12H14N2O3/c15-8-11(14-12(17)7-13-9-16)6-10-4-2-1-3-5-10/h1-5,8-9,11H,6-7H2,(H,13,16)(H,14,17). The van der Waals surface area contributed by atoms with E-state index in [1.165, 1.54) is 0 Å². The number of carbonyl (C=O) groups is 3. The fourth-order valence-electron chi connectivity index (χ4n) is 1.39. The van der Waals surface area contributed by atoms with Crippen LogP contribution in [0.2, 0.25) is 0 Å². The third-order valence-electron chi connectivity index (χ3n) is 2.16. The number of hydrogen-bond donors (Lipinski definition) is 2. The molecule has 1 aromatic carbocycles. The molecule has 17 heavy (non-hydrogen) atoms. The molecule has 0 radical (unpaired) electrons. The molecule has 0 fully saturated rings. The van der Waals surface area contributed by atoms with Crippen LogP contribution in [-0.4, -0.2) is 31.2 Å². The van der Waals surface area contributed by atoms with Crippen molar-refractivity contribution in [2.45, 2.75) is 12.5 Å². The fourth-order valence-corrected chi connectivity index (χ4v) is 1.39. The lowest BCUT2D eigenvalue weighted by atomic mass is 10.1. The Hall–Kier alpha value is -2.17. The van der Waals surface area contributed by atoms with Crippen molar-refractivity contribution in [3.63, 3.8) is 0 Å². The summed E-state index contributed by atoms with van der Waals surface area (Å²) in [5.74, 6) is -0.384. The largest absolute Gasteiger partial charge is 0.350 e. The molecule has 0 saturated heterocycles. The van der Waals surface area contributed by atoms with Gasteiger partial charge in [0.15, 0.2) is 0 Å². The highest BCUT2D eigenvalue weighted by atomic mass is 16.2. The van der Waals surface area contributed by atoms with Crippen molar-refractivity contribution in [3.05, 3.63) is 35.9 Å². The summed E-state index contributed by atoms with van der Waals surface area (Å²) in [6.45, 7) is -0.122. The predicted molar refractivity (Wildman–Crippen MR) is 62.2 cm³/mol. The minimum atomic E-state index is -0.571. The van der Waals surface area contributed by atoms with E-state index in [-0.39, 0.29) is 12.5 Å². The predicted octanol–water partition coefficient (Wildman–Crippen LogP) is -0.341. The summed E-state index contributed by atoms with van der Waals surface area (Å²) in [6.07, 6.45) is 1.57. The molecular formula is C12H14N2O3. The molecule has 1 rings (SSSR count). The Labute approximate surface area is 99.2 Å². The summed E-state index contributed by atoms with van der Waals surface area (Å²) < 4.78 is 0. The Morgan fingerprint density at radius 2 is 1.94 bits per heavy atom. The number of amides is 2. The van der Waals surface area contributed by atoms with Gasteiger partial charge in [0.1, 0.15) is 6.29 Å². The molecule has 0 aliphatic carbocycles. The molecule has 2 N–H and O–H groups in total. The van der Waals surface area contributed by atoms with Gasteiger partial charge in [0.05, 0.1) is 12.6 Å². The van der Waals surface area contributed by atoms with E-state index < -0.39 is 6.04 Å². The summed E-state index contributed by atoms with van der Waals surface area (Å²) in [7, 11) is 0. The molecule has 5 heteroatoms. The maximum atomic E-state index is 11.3. The van der Waals surface area contributed by atoms with E-state index in [0.717, 1.165) is 5.56 Å². The third kappa shape index (κ3) is 4.92. The molecule has 0 heterocycles. The molecule has 2 amide bonds. The monoisotopic (exact) mass is 234 g/mol. The van der Waals surface area contributed by atoms with Gasteiger partial charge in [-0.3, -0.25) is 9.59 Å². The first-order valence-corrected chi connectivity index (χ1v) is 5.22. The van der Waals surface area contributed by atoms with Crippen LogP contribution in [0.1, 0.15) is 5.56 Å². The van der Waals surface area contributed by atoms with Crippen LogP contribution in [0.15, 0.2) is 30.3 Å². The van der Waals surface area contributed by atoms with E-state index in [4.69, 9.17) is 0 Å². The second-order valence-corrected chi connectivity index (χ2v) is 3.50. The van der Waals surface area contributed by atoms with E-state index in [1.807, 2.05) is 30.3 Å². The number of hydrogen-bond acceptors (Lipinski definition) is 3. The molecule has 0 aliphatic rings. The summed E-state index contributed by atoms with van der Waals surface area (Å²) in [4.78, 5) is 32.1. The lowest BCUT2D eigenvalue weighted by Gasteiger charge is -2.12. The van der Waals surface area contributed by atoms with Gasteiger partial charge in [-0.1, -0.05) is 30.3 Å². The molecule has 1 unspecified atom stereocenters. The van der Waals surface area contributed by atoms with Crippen LogP contribution in [0.5, 0.6) is 0 Å². The zero-order valence-corrected chi connectivity index (χ0v) is 9.26. The summed E-state index contributed by atoms with van der Waals surface area (Å²) >= 11 is 0. The van der Waals surface area contributed by atoms with Gasteiger partial charge >= 0.3 is 0 Å². The molecule has 5 nitrogen and oxygen atoms in total. The van der Waals surface area contributed by atoms with E-state index in [1.54, 1.807) is 0 Å². The van der Waals surface area contributed by atoms with Gasteiger partial charge in [0.2, 0.25) is 12.3 Å². The molecule has 90 valence electrons. The van der Waals surface area contributed by atoms with E-state index >= 15 is 0 Å². The van der Waals surface area contributed by atoms with Gasteiger partial charge in [-0.25, -0.2) is 0 Å². The molecule has 1 atom stereocenters. The smallest absolute Gasteiger partial charge is 0.239 e. The SMILES string of the molecule is O=CNCC(=O)NC(C=O)Cc1ccccc1. The zero-order chi connectivity index (χ0) is 12.5. The second kappa shape index (κ2) is 7.16. The van der Waals surface area contributed by atoms with Crippen molar-refractivity contribution in [1.29, 1.82) is 0 Å². The topological polar surface area (TPSA) is 75.3 Å². The van der Waals surface area contributed by atoms with Gasteiger partial charge in [0, 0.05) is 0 Å². The Kier molecular flexibility index (Phi) is 5.43. The quantitative estimate of drug-likeness (QED) is 0.634. The van der Waals surface area contributed by atoms with Gasteiger partial charge < -0.3 is 15.4 Å². The lowest BCUT2D eigenvalue weighted by Crippen LogP contribution is -2.42. The molecule has 0 spiro atoms. The maximum Gasteiger partial charge on any atom is 0.239 e. The maximum absolute atomic E-state index is 11.3. The summed E-state index contributed by atoms with van der Waals surface area (Å²) in [5.41, 5.74) is 0.966. The van der Waals surface area contributed by atoms with Gasteiger partial charge in [-0.05, 0) is 12.0 Å². The Balaban J connectivity index is 2.46. The van der Waals surface area contributed by atoms with E-state index in [2.05, 4.69) is 10.6 Å². The highest BCUT2D eigenvalue weighted by Gasteiger charge is 2.11. The molecule has 0 aliphatic heterocycles. The van der Waals surface area contributed by atoms with Gasteiger partial charge in [-0.2, -0.15) is 0 Å². The zero-order valence-electron chi connectivity index (χ0n) is 9.26. The molecular weight excluding hydrogens is 220 g/mol. The minimum Gasteiger partial charge on any atom is -0.350 e. The Bertz CT molecular complexity index is 379. The number of aldehydes is 1. The van der Waals surface area contributed by atoms with Crippen LogP contribution in [0.25, 0.3) is 0 Å². The van der Waals surface area contributed by atoms with Crippen molar-refractivity contribution in [2.75, 3.05) is 6.54 Å². The summed E-state index contributed by atoms with van der Waals surface area (Å²) in [5, 5.41) is 4.75.